The minimum atomic E-state index is -2.68. The van der Waals surface area contributed by atoms with Gasteiger partial charge in [-0.1, -0.05) is 19.1 Å². The van der Waals surface area contributed by atoms with Gasteiger partial charge in [-0.15, -0.1) is 33.2 Å². The summed E-state index contributed by atoms with van der Waals surface area (Å²) < 4.78 is 5.08. The molecule has 0 heterocycles. The van der Waals surface area contributed by atoms with Gasteiger partial charge in [0.05, 0.1) is 7.11 Å². The summed E-state index contributed by atoms with van der Waals surface area (Å²) in [5.74, 6) is 0.819. The van der Waals surface area contributed by atoms with Gasteiger partial charge < -0.3 is 4.74 Å². The molecule has 1 rings (SSSR count). The number of benzene rings is 1. The molecule has 0 aliphatic heterocycles. The Morgan fingerprint density at radius 2 is 1.73 bits per heavy atom. The lowest BCUT2D eigenvalue weighted by atomic mass is 10.1. The summed E-state index contributed by atoms with van der Waals surface area (Å²) in [5.41, 5.74) is 1.12. The monoisotopic (exact) mass is 282 g/mol. The highest BCUT2D eigenvalue weighted by Crippen LogP contribution is 2.39. The van der Waals surface area contributed by atoms with Gasteiger partial charge in [0.15, 0.2) is 0 Å². The molecule has 0 bridgehead atoms. The maximum Gasteiger partial charge on any atom is 0.348 e. The zero-order chi connectivity index (χ0) is 11.5. The van der Waals surface area contributed by atoms with Crippen LogP contribution in [-0.2, 0) is 0 Å². The predicted molar refractivity (Wildman–Crippen MR) is 69.3 cm³/mol. The van der Waals surface area contributed by atoms with Gasteiger partial charge in [0.2, 0.25) is 0 Å². The molecule has 0 N–H and O–H groups in total. The highest BCUT2D eigenvalue weighted by atomic mass is 35.8. The Morgan fingerprint density at radius 1 is 1.20 bits per heavy atom. The number of rotatable bonds is 4. The molecule has 0 radical (unpaired) electrons. The molecule has 1 nitrogen and oxygen atoms in total. The van der Waals surface area contributed by atoms with Crippen molar-refractivity contribution in [3.05, 3.63) is 29.8 Å². The van der Waals surface area contributed by atoms with Crippen molar-refractivity contribution in [1.29, 1.82) is 0 Å². The summed E-state index contributed by atoms with van der Waals surface area (Å²) >= 11 is 18.1. The number of hydrogen-bond acceptors (Lipinski definition) is 1. The molecule has 84 valence electrons. The van der Waals surface area contributed by atoms with E-state index < -0.39 is 6.00 Å². The van der Waals surface area contributed by atoms with Crippen molar-refractivity contribution < 1.29 is 4.74 Å². The largest absolute Gasteiger partial charge is 0.497 e. The zero-order valence-corrected chi connectivity index (χ0v) is 11.9. The molecule has 0 saturated carbocycles. The van der Waals surface area contributed by atoms with Crippen LogP contribution in [0.2, 0.25) is 0 Å². The van der Waals surface area contributed by atoms with Crippen molar-refractivity contribution >= 4 is 39.2 Å². The van der Waals surface area contributed by atoms with Crippen LogP contribution in [0.15, 0.2) is 24.3 Å². The highest BCUT2D eigenvalue weighted by Gasteiger charge is 2.36. The molecule has 0 aliphatic carbocycles. The summed E-state index contributed by atoms with van der Waals surface area (Å²) in [5, 5.41) is 0. The smallest absolute Gasteiger partial charge is 0.348 e. The van der Waals surface area contributed by atoms with Gasteiger partial charge >= 0.3 is 6.00 Å². The van der Waals surface area contributed by atoms with E-state index in [-0.39, 0.29) is 5.54 Å². The molecule has 0 fully saturated rings. The quantitative estimate of drug-likeness (QED) is 0.588. The van der Waals surface area contributed by atoms with Gasteiger partial charge in [0.25, 0.3) is 0 Å². The van der Waals surface area contributed by atoms with Crippen molar-refractivity contribution in [3.8, 4) is 5.75 Å². The molecule has 5 heteroatoms. The Kier molecular flexibility index (Phi) is 4.78. The van der Waals surface area contributed by atoms with Crippen molar-refractivity contribution in [1.82, 2.24) is 0 Å². The second-order valence-corrected chi connectivity index (χ2v) is 12.2. The molecular formula is C10H13Cl3OSi. The molecule has 0 spiro atoms. The third-order valence-electron chi connectivity index (χ3n) is 2.32. The molecule has 15 heavy (non-hydrogen) atoms. The van der Waals surface area contributed by atoms with E-state index in [1.165, 1.54) is 0 Å². The number of methoxy groups -OCH3 is 1. The zero-order valence-electron chi connectivity index (χ0n) is 8.64. The summed E-state index contributed by atoms with van der Waals surface area (Å²) in [7, 11) is 1.63. The number of ether oxygens (including phenoxy) is 1. The first kappa shape index (κ1) is 13.2. The topological polar surface area (TPSA) is 9.23 Å². The summed E-state index contributed by atoms with van der Waals surface area (Å²) in [6.45, 7) is 2.03. The standard InChI is InChI=1S/C10H13Cl3OSi/c1-3-10(15(11,12)13)8-4-6-9(14-2)7-5-8/h4-7,10H,3H2,1-2H3. The molecule has 1 aromatic carbocycles. The summed E-state index contributed by atoms with van der Waals surface area (Å²) in [6.07, 6.45) is 0.842. The van der Waals surface area contributed by atoms with Gasteiger partial charge in [0, 0.05) is 5.54 Å². The molecule has 1 atom stereocenters. The maximum absolute atomic E-state index is 6.05. The van der Waals surface area contributed by atoms with Crippen LogP contribution in [-0.4, -0.2) is 13.1 Å². The van der Waals surface area contributed by atoms with Gasteiger partial charge in [-0.25, -0.2) is 0 Å². The molecule has 0 aromatic heterocycles. The fourth-order valence-electron chi connectivity index (χ4n) is 1.49. The molecule has 1 aromatic rings. The second kappa shape index (κ2) is 5.44. The van der Waals surface area contributed by atoms with E-state index in [4.69, 9.17) is 38.0 Å². The third kappa shape index (κ3) is 3.56. The average molecular weight is 284 g/mol. The van der Waals surface area contributed by atoms with Crippen LogP contribution < -0.4 is 4.74 Å². The fourth-order valence-corrected chi connectivity index (χ4v) is 5.05. The molecule has 0 amide bonds. The minimum Gasteiger partial charge on any atom is -0.497 e. The Labute approximate surface area is 105 Å². The highest BCUT2D eigenvalue weighted by molar-refractivity contribution is 7.65. The maximum atomic E-state index is 6.05. The van der Waals surface area contributed by atoms with Gasteiger partial charge in [-0.3, -0.25) is 0 Å². The van der Waals surface area contributed by atoms with Crippen molar-refractivity contribution in [2.24, 2.45) is 0 Å². The fraction of sp³-hybridized carbons (Fsp3) is 0.400. The van der Waals surface area contributed by atoms with Crippen LogP contribution in [0.3, 0.4) is 0 Å². The van der Waals surface area contributed by atoms with Crippen LogP contribution >= 0.6 is 33.2 Å². The van der Waals surface area contributed by atoms with Crippen LogP contribution in [0.25, 0.3) is 0 Å². The van der Waals surface area contributed by atoms with Crippen molar-refractivity contribution in [2.75, 3.05) is 7.11 Å². The van der Waals surface area contributed by atoms with Gasteiger partial charge in [-0.2, -0.15) is 0 Å². The second-order valence-electron chi connectivity index (χ2n) is 3.28. The SMILES string of the molecule is CCC(c1ccc(OC)cc1)[Si](Cl)(Cl)Cl. The van der Waals surface area contributed by atoms with E-state index in [1.54, 1.807) is 7.11 Å². The molecule has 1 unspecified atom stereocenters. The lowest BCUT2D eigenvalue weighted by Gasteiger charge is -2.21. The van der Waals surface area contributed by atoms with Crippen LogP contribution in [0.1, 0.15) is 24.4 Å². The van der Waals surface area contributed by atoms with Crippen LogP contribution in [0.5, 0.6) is 5.75 Å². The van der Waals surface area contributed by atoms with Gasteiger partial charge in [0.1, 0.15) is 5.75 Å². The normalized spacial score (nSPS) is 13.7. The summed E-state index contributed by atoms with van der Waals surface area (Å²) in [6, 6.07) is 5.02. The van der Waals surface area contributed by atoms with E-state index in [0.29, 0.717) is 0 Å². The Hall–Kier alpha value is 0.107. The number of hydrogen-bond donors (Lipinski definition) is 0. The predicted octanol–water partition coefficient (Wildman–Crippen LogP) is 4.38. The van der Waals surface area contributed by atoms with E-state index in [9.17, 15) is 0 Å². The van der Waals surface area contributed by atoms with Crippen molar-refractivity contribution in [2.45, 2.75) is 18.9 Å². The lowest BCUT2D eigenvalue weighted by molar-refractivity contribution is 0.414. The Bertz CT molecular complexity index is 307. The van der Waals surface area contributed by atoms with Gasteiger partial charge in [-0.05, 0) is 24.1 Å². The van der Waals surface area contributed by atoms with Crippen molar-refractivity contribution in [3.63, 3.8) is 0 Å². The minimum absolute atomic E-state index is 0.0495. The lowest BCUT2D eigenvalue weighted by Crippen LogP contribution is -2.22. The first-order valence-corrected chi connectivity index (χ1v) is 9.81. The Morgan fingerprint density at radius 3 is 2.07 bits per heavy atom. The van der Waals surface area contributed by atoms with E-state index in [2.05, 4.69) is 0 Å². The van der Waals surface area contributed by atoms with E-state index >= 15 is 0 Å². The van der Waals surface area contributed by atoms with Crippen LogP contribution in [0.4, 0.5) is 0 Å². The number of halogens is 3. The first-order chi connectivity index (χ1) is 6.99. The molecule has 0 saturated heterocycles. The van der Waals surface area contributed by atoms with Crippen LogP contribution in [0, 0.1) is 0 Å². The average Bonchev–Trinajstić information content (AvgIpc) is 2.18. The van der Waals surface area contributed by atoms with E-state index in [1.807, 2.05) is 31.2 Å². The summed E-state index contributed by atoms with van der Waals surface area (Å²) in [4.78, 5) is 0. The molecular weight excluding hydrogens is 271 g/mol. The first-order valence-electron chi connectivity index (χ1n) is 4.69. The van der Waals surface area contributed by atoms with E-state index in [0.717, 1.165) is 17.7 Å². The Balaban J connectivity index is 2.93. The third-order valence-corrected chi connectivity index (χ3v) is 6.22. The molecule has 0 aliphatic rings.